The molecule has 0 aliphatic rings. The van der Waals surface area contributed by atoms with Crippen molar-refractivity contribution in [1.82, 2.24) is 5.32 Å². The van der Waals surface area contributed by atoms with Crippen LogP contribution in [0.5, 0.6) is 0 Å². The fourth-order valence-corrected chi connectivity index (χ4v) is 1.36. The minimum atomic E-state index is -0.572. The fourth-order valence-electron chi connectivity index (χ4n) is 1.36. The smallest absolute Gasteiger partial charge is 0.235 e. The van der Waals surface area contributed by atoms with Gasteiger partial charge in [0.2, 0.25) is 5.91 Å². The molecule has 4 heteroatoms. The van der Waals surface area contributed by atoms with E-state index in [9.17, 15) is 4.79 Å². The van der Waals surface area contributed by atoms with E-state index in [4.69, 9.17) is 11.5 Å². The summed E-state index contributed by atoms with van der Waals surface area (Å²) in [5.41, 5.74) is 10.6. The molecule has 0 aromatic carbocycles. The first-order chi connectivity index (χ1) is 6.93. The molecule has 0 spiro atoms. The zero-order chi connectivity index (χ0) is 11.8. The number of amides is 1. The van der Waals surface area contributed by atoms with Gasteiger partial charge in [-0.1, -0.05) is 26.7 Å². The van der Waals surface area contributed by atoms with Gasteiger partial charge in [0.15, 0.2) is 0 Å². The van der Waals surface area contributed by atoms with Crippen molar-refractivity contribution < 1.29 is 4.79 Å². The number of hydrogen-bond donors (Lipinski definition) is 3. The molecule has 5 N–H and O–H groups in total. The van der Waals surface area contributed by atoms with Gasteiger partial charge in [-0.05, 0) is 19.3 Å². The molecular weight excluding hydrogens is 190 g/mol. The van der Waals surface area contributed by atoms with Gasteiger partial charge in [-0.2, -0.15) is 0 Å². The van der Waals surface area contributed by atoms with Crippen LogP contribution in [-0.2, 0) is 4.79 Å². The van der Waals surface area contributed by atoms with E-state index in [1.165, 1.54) is 12.8 Å². The molecule has 15 heavy (non-hydrogen) atoms. The maximum Gasteiger partial charge on any atom is 0.235 e. The molecule has 90 valence electrons. The lowest BCUT2D eigenvalue weighted by atomic mass is 10.0. The molecule has 0 radical (unpaired) electrons. The van der Waals surface area contributed by atoms with E-state index in [1.807, 2.05) is 0 Å². The third-order valence-electron chi connectivity index (χ3n) is 2.47. The van der Waals surface area contributed by atoms with Gasteiger partial charge in [0.1, 0.15) is 0 Å². The standard InChI is InChI=1S/C11H25N3O/c1-8(2)5-4-6-9(3)14-7-10(12)11(13)15/h8-10,14H,4-7,12H2,1-3H3,(H2,13,15). The average molecular weight is 215 g/mol. The summed E-state index contributed by atoms with van der Waals surface area (Å²) >= 11 is 0. The molecule has 0 aromatic heterocycles. The summed E-state index contributed by atoms with van der Waals surface area (Å²) in [4.78, 5) is 10.7. The van der Waals surface area contributed by atoms with E-state index in [0.717, 1.165) is 12.3 Å². The number of primary amides is 1. The molecule has 4 nitrogen and oxygen atoms in total. The lowest BCUT2D eigenvalue weighted by Gasteiger charge is -2.16. The van der Waals surface area contributed by atoms with Crippen LogP contribution in [0.25, 0.3) is 0 Å². The van der Waals surface area contributed by atoms with E-state index in [1.54, 1.807) is 0 Å². The first-order valence-corrected chi connectivity index (χ1v) is 5.71. The number of carbonyl (C=O) groups excluding carboxylic acids is 1. The van der Waals surface area contributed by atoms with Gasteiger partial charge in [0.25, 0.3) is 0 Å². The molecule has 0 saturated carbocycles. The van der Waals surface area contributed by atoms with Crippen LogP contribution in [0.4, 0.5) is 0 Å². The highest BCUT2D eigenvalue weighted by Gasteiger charge is 2.10. The summed E-state index contributed by atoms with van der Waals surface area (Å²) < 4.78 is 0. The van der Waals surface area contributed by atoms with Gasteiger partial charge in [-0.3, -0.25) is 4.79 Å². The van der Waals surface area contributed by atoms with Crippen LogP contribution >= 0.6 is 0 Å². The normalized spacial score (nSPS) is 15.3. The molecular formula is C11H25N3O. The van der Waals surface area contributed by atoms with E-state index in [-0.39, 0.29) is 0 Å². The van der Waals surface area contributed by atoms with Gasteiger partial charge in [0.05, 0.1) is 6.04 Å². The molecule has 0 rings (SSSR count). The molecule has 0 saturated heterocycles. The van der Waals surface area contributed by atoms with Gasteiger partial charge in [-0.15, -0.1) is 0 Å². The summed E-state index contributed by atoms with van der Waals surface area (Å²) in [5.74, 6) is 0.307. The quantitative estimate of drug-likeness (QED) is 0.554. The number of nitrogens with two attached hydrogens (primary N) is 2. The summed E-state index contributed by atoms with van der Waals surface area (Å²) in [6, 6.07) is -0.174. The topological polar surface area (TPSA) is 81.1 Å². The van der Waals surface area contributed by atoms with Gasteiger partial charge >= 0.3 is 0 Å². The van der Waals surface area contributed by atoms with Crippen LogP contribution in [-0.4, -0.2) is 24.5 Å². The second-order valence-electron chi connectivity index (χ2n) is 4.64. The lowest BCUT2D eigenvalue weighted by molar-refractivity contribution is -0.119. The second-order valence-corrected chi connectivity index (χ2v) is 4.64. The van der Waals surface area contributed by atoms with Crippen molar-refractivity contribution in [3.8, 4) is 0 Å². The molecule has 2 atom stereocenters. The van der Waals surface area contributed by atoms with E-state index in [2.05, 4.69) is 26.1 Å². The number of hydrogen-bond acceptors (Lipinski definition) is 3. The Morgan fingerprint density at radius 3 is 2.33 bits per heavy atom. The Hall–Kier alpha value is -0.610. The number of carbonyl (C=O) groups is 1. The summed E-state index contributed by atoms with van der Waals surface area (Å²) in [5, 5.41) is 3.21. The third kappa shape index (κ3) is 8.39. The minimum absolute atomic E-state index is 0.397. The molecule has 1 amide bonds. The van der Waals surface area contributed by atoms with Crippen LogP contribution in [0.15, 0.2) is 0 Å². The summed E-state index contributed by atoms with van der Waals surface area (Å²) in [6.07, 6.45) is 3.56. The number of nitrogens with one attached hydrogen (secondary N) is 1. The maximum atomic E-state index is 10.7. The number of rotatable bonds is 8. The van der Waals surface area contributed by atoms with Crippen LogP contribution in [0.3, 0.4) is 0 Å². The Balaban J connectivity index is 3.48. The predicted octanol–water partition coefficient (Wildman–Crippen LogP) is 0.603. The van der Waals surface area contributed by atoms with Crippen LogP contribution in [0.2, 0.25) is 0 Å². The largest absolute Gasteiger partial charge is 0.368 e. The Bertz CT molecular complexity index is 183. The Kier molecular flexibility index (Phi) is 7.34. The minimum Gasteiger partial charge on any atom is -0.368 e. The van der Waals surface area contributed by atoms with Gasteiger partial charge < -0.3 is 16.8 Å². The fraction of sp³-hybridized carbons (Fsp3) is 0.909. The van der Waals surface area contributed by atoms with Crippen molar-refractivity contribution in [3.63, 3.8) is 0 Å². The Morgan fingerprint density at radius 1 is 1.27 bits per heavy atom. The maximum absolute atomic E-state index is 10.7. The van der Waals surface area contributed by atoms with Gasteiger partial charge in [0, 0.05) is 12.6 Å². The molecule has 0 aliphatic carbocycles. The molecule has 2 unspecified atom stereocenters. The van der Waals surface area contributed by atoms with E-state index in [0.29, 0.717) is 12.6 Å². The Morgan fingerprint density at radius 2 is 1.87 bits per heavy atom. The Labute approximate surface area is 92.8 Å². The van der Waals surface area contributed by atoms with Crippen molar-refractivity contribution in [2.24, 2.45) is 17.4 Å². The zero-order valence-corrected chi connectivity index (χ0v) is 10.1. The van der Waals surface area contributed by atoms with Crippen molar-refractivity contribution in [2.45, 2.75) is 52.1 Å². The van der Waals surface area contributed by atoms with Crippen LogP contribution < -0.4 is 16.8 Å². The monoisotopic (exact) mass is 215 g/mol. The van der Waals surface area contributed by atoms with Crippen molar-refractivity contribution >= 4 is 5.91 Å². The van der Waals surface area contributed by atoms with E-state index < -0.39 is 11.9 Å². The molecule has 0 aliphatic heterocycles. The summed E-state index contributed by atoms with van der Waals surface area (Å²) in [6.45, 7) is 7.02. The molecule has 0 fully saturated rings. The third-order valence-corrected chi connectivity index (χ3v) is 2.47. The first-order valence-electron chi connectivity index (χ1n) is 5.71. The molecule has 0 heterocycles. The van der Waals surface area contributed by atoms with Crippen molar-refractivity contribution in [1.29, 1.82) is 0 Å². The van der Waals surface area contributed by atoms with Crippen LogP contribution in [0.1, 0.15) is 40.0 Å². The average Bonchev–Trinajstić information content (AvgIpc) is 2.13. The van der Waals surface area contributed by atoms with E-state index >= 15 is 0 Å². The highest BCUT2D eigenvalue weighted by atomic mass is 16.1. The SMILES string of the molecule is CC(C)CCCC(C)NCC(N)C(N)=O. The van der Waals surface area contributed by atoms with Gasteiger partial charge in [-0.25, -0.2) is 0 Å². The lowest BCUT2D eigenvalue weighted by Crippen LogP contribution is -2.46. The van der Waals surface area contributed by atoms with Crippen LogP contribution in [0, 0.1) is 5.92 Å². The highest BCUT2D eigenvalue weighted by Crippen LogP contribution is 2.07. The highest BCUT2D eigenvalue weighted by molar-refractivity contribution is 5.79. The predicted molar refractivity (Wildman–Crippen MR) is 63.3 cm³/mol. The zero-order valence-electron chi connectivity index (χ0n) is 10.1. The summed E-state index contributed by atoms with van der Waals surface area (Å²) in [7, 11) is 0. The molecule has 0 aromatic rings. The molecule has 0 bridgehead atoms. The second kappa shape index (κ2) is 7.65. The first kappa shape index (κ1) is 14.4. The van der Waals surface area contributed by atoms with Crippen molar-refractivity contribution in [2.75, 3.05) is 6.54 Å². The van der Waals surface area contributed by atoms with Crippen molar-refractivity contribution in [3.05, 3.63) is 0 Å².